The molecule has 3 rings (SSSR count). The fourth-order valence-electron chi connectivity index (χ4n) is 2.67. The number of hydrogen-bond acceptors (Lipinski definition) is 5. The highest BCUT2D eigenvalue weighted by atomic mass is 16.5. The number of aryl methyl sites for hydroxylation is 2. The van der Waals surface area contributed by atoms with Gasteiger partial charge in [0.2, 0.25) is 5.95 Å². The topological polar surface area (TPSA) is 80.5 Å². The highest BCUT2D eigenvalue weighted by Crippen LogP contribution is 2.24. The van der Waals surface area contributed by atoms with Crippen LogP contribution in [0.2, 0.25) is 0 Å². The average Bonchev–Trinajstić information content (AvgIpc) is 3.04. The molecule has 2 aliphatic rings. The lowest BCUT2D eigenvalue weighted by molar-refractivity contribution is 0.0696. The largest absolute Gasteiger partial charge is 0.496 e. The van der Waals surface area contributed by atoms with Gasteiger partial charge in [-0.2, -0.15) is 4.98 Å². The Morgan fingerprint density at radius 3 is 2.76 bits per heavy atom. The summed E-state index contributed by atoms with van der Waals surface area (Å²) in [6, 6.07) is 8.83. The smallest absolute Gasteiger partial charge is 0.335 e. The number of hydrogen-bond donors (Lipinski definition) is 1. The molecule has 25 heavy (non-hydrogen) atoms. The number of fused-ring (bicyclic) bond motifs is 1. The lowest BCUT2D eigenvalue weighted by Crippen LogP contribution is -2.10. The van der Waals surface area contributed by atoms with Crippen LogP contribution in [0.5, 0.6) is 5.75 Å². The van der Waals surface area contributed by atoms with Crippen molar-refractivity contribution in [1.82, 2.24) is 14.5 Å². The van der Waals surface area contributed by atoms with E-state index in [4.69, 9.17) is 9.84 Å². The van der Waals surface area contributed by atoms with E-state index >= 15 is 0 Å². The SMILES string of the molecule is COc1cc(C(=O)O)ccc1CCn1cccc2nc(N(C)C)nc1-2. The average molecular weight is 340 g/mol. The molecule has 1 aromatic carbocycles. The van der Waals surface area contributed by atoms with Crippen molar-refractivity contribution in [3.05, 3.63) is 47.7 Å². The quantitative estimate of drug-likeness (QED) is 0.742. The summed E-state index contributed by atoms with van der Waals surface area (Å²) in [5.74, 6) is 1.12. The van der Waals surface area contributed by atoms with Crippen LogP contribution in [0.3, 0.4) is 0 Å². The van der Waals surface area contributed by atoms with E-state index in [1.807, 2.05) is 41.9 Å². The van der Waals surface area contributed by atoms with Gasteiger partial charge in [-0.1, -0.05) is 6.07 Å². The molecule has 2 heterocycles. The summed E-state index contributed by atoms with van der Waals surface area (Å²) >= 11 is 0. The molecule has 0 aliphatic carbocycles. The van der Waals surface area contributed by atoms with Crippen LogP contribution in [0.1, 0.15) is 15.9 Å². The number of benzene rings is 1. The van der Waals surface area contributed by atoms with Crippen molar-refractivity contribution in [3.63, 3.8) is 0 Å². The zero-order chi connectivity index (χ0) is 18.0. The van der Waals surface area contributed by atoms with E-state index in [-0.39, 0.29) is 5.56 Å². The van der Waals surface area contributed by atoms with Crippen molar-refractivity contribution in [2.45, 2.75) is 13.0 Å². The Labute approximate surface area is 145 Å². The van der Waals surface area contributed by atoms with Gasteiger partial charge in [-0.05, 0) is 36.2 Å². The Morgan fingerprint density at radius 1 is 1.28 bits per heavy atom. The van der Waals surface area contributed by atoms with Gasteiger partial charge in [0.05, 0.1) is 12.7 Å². The summed E-state index contributed by atoms with van der Waals surface area (Å²) in [6.07, 6.45) is 2.66. The lowest BCUT2D eigenvalue weighted by atomic mass is 10.1. The third kappa shape index (κ3) is 3.40. The fraction of sp³-hybridized carbons (Fsp3) is 0.278. The second-order valence-corrected chi connectivity index (χ2v) is 5.91. The number of imidazole rings is 1. The molecule has 0 amide bonds. The number of carboxylic acid groups (broad SMARTS) is 1. The second kappa shape index (κ2) is 6.80. The molecule has 0 fully saturated rings. The van der Waals surface area contributed by atoms with Crippen molar-refractivity contribution in [3.8, 4) is 17.3 Å². The van der Waals surface area contributed by atoms with E-state index < -0.39 is 5.97 Å². The number of ether oxygens (including phenoxy) is 1. The molecule has 130 valence electrons. The maximum Gasteiger partial charge on any atom is 0.335 e. The summed E-state index contributed by atoms with van der Waals surface area (Å²) < 4.78 is 7.38. The maximum absolute atomic E-state index is 11.1. The number of nitrogens with zero attached hydrogens (tertiary/aromatic N) is 4. The second-order valence-electron chi connectivity index (χ2n) is 5.91. The summed E-state index contributed by atoms with van der Waals surface area (Å²) in [6.45, 7) is 0.686. The van der Waals surface area contributed by atoms with Crippen LogP contribution < -0.4 is 9.64 Å². The van der Waals surface area contributed by atoms with Crippen LogP contribution in [-0.2, 0) is 13.0 Å². The standard InChI is InChI=1S/C18H20N4O3/c1-21(2)18-19-14-5-4-9-22(16(14)20-18)10-8-12-6-7-13(17(23)24)11-15(12)25-3/h4-7,9,11H,8,10H2,1-3H3,(H,23,24). The number of carboxylic acids is 1. The molecule has 7 nitrogen and oxygen atoms in total. The van der Waals surface area contributed by atoms with Gasteiger partial charge in [-0.25, -0.2) is 9.78 Å². The number of aromatic carboxylic acids is 1. The molecule has 0 bridgehead atoms. The minimum atomic E-state index is -0.965. The number of carbonyl (C=O) groups is 1. The highest BCUT2D eigenvalue weighted by molar-refractivity contribution is 5.88. The number of aromatic nitrogens is 3. The van der Waals surface area contributed by atoms with Crippen molar-refractivity contribution in [2.24, 2.45) is 0 Å². The summed E-state index contributed by atoms with van der Waals surface area (Å²) in [5, 5.41) is 9.09. The van der Waals surface area contributed by atoms with E-state index in [1.165, 1.54) is 0 Å². The Balaban J connectivity index is 1.85. The third-order valence-electron chi connectivity index (χ3n) is 4.00. The van der Waals surface area contributed by atoms with Gasteiger partial charge >= 0.3 is 5.97 Å². The number of pyridine rings is 1. The van der Waals surface area contributed by atoms with Crippen LogP contribution in [0.4, 0.5) is 5.95 Å². The van der Waals surface area contributed by atoms with Gasteiger partial charge in [-0.3, -0.25) is 0 Å². The van der Waals surface area contributed by atoms with E-state index in [1.54, 1.807) is 25.3 Å². The Hall–Kier alpha value is -3.09. The number of methoxy groups -OCH3 is 1. The molecule has 0 saturated heterocycles. The predicted molar refractivity (Wildman–Crippen MR) is 94.6 cm³/mol. The molecule has 2 aliphatic heterocycles. The highest BCUT2D eigenvalue weighted by Gasteiger charge is 2.15. The molecule has 0 unspecified atom stereocenters. The molecule has 7 heteroatoms. The summed E-state index contributed by atoms with van der Waals surface area (Å²) in [4.78, 5) is 22.0. The fourth-order valence-corrected chi connectivity index (χ4v) is 2.67. The van der Waals surface area contributed by atoms with Gasteiger partial charge in [0, 0.05) is 26.8 Å². The van der Waals surface area contributed by atoms with Crippen molar-refractivity contribution >= 4 is 11.9 Å². The van der Waals surface area contributed by atoms with Crippen LogP contribution in [0.15, 0.2) is 36.5 Å². The van der Waals surface area contributed by atoms with E-state index in [9.17, 15) is 4.79 Å². The first-order valence-corrected chi connectivity index (χ1v) is 7.90. The maximum atomic E-state index is 11.1. The van der Waals surface area contributed by atoms with E-state index in [0.717, 1.165) is 17.1 Å². The van der Waals surface area contributed by atoms with Gasteiger partial charge < -0.3 is 19.3 Å². The first kappa shape index (κ1) is 16.8. The summed E-state index contributed by atoms with van der Waals surface area (Å²) in [5.41, 5.74) is 2.01. The van der Waals surface area contributed by atoms with Crippen LogP contribution in [0.25, 0.3) is 11.5 Å². The number of rotatable bonds is 6. The zero-order valence-corrected chi connectivity index (χ0v) is 14.4. The molecular formula is C18H20N4O3. The lowest BCUT2D eigenvalue weighted by Gasteiger charge is -2.13. The Bertz CT molecular complexity index is 873. The predicted octanol–water partition coefficient (Wildman–Crippen LogP) is 2.40. The molecular weight excluding hydrogens is 320 g/mol. The number of anilines is 1. The Morgan fingerprint density at radius 2 is 2.08 bits per heavy atom. The van der Waals surface area contributed by atoms with Gasteiger partial charge in [0.15, 0.2) is 5.82 Å². The van der Waals surface area contributed by atoms with Gasteiger partial charge in [-0.15, -0.1) is 0 Å². The minimum Gasteiger partial charge on any atom is -0.496 e. The van der Waals surface area contributed by atoms with Crippen LogP contribution in [0, 0.1) is 0 Å². The molecule has 0 aromatic heterocycles. The molecule has 1 N–H and O–H groups in total. The minimum absolute atomic E-state index is 0.216. The monoisotopic (exact) mass is 340 g/mol. The zero-order valence-electron chi connectivity index (χ0n) is 14.4. The van der Waals surface area contributed by atoms with E-state index in [0.29, 0.717) is 24.7 Å². The summed E-state index contributed by atoms with van der Waals surface area (Å²) in [7, 11) is 5.37. The van der Waals surface area contributed by atoms with Crippen molar-refractivity contribution in [1.29, 1.82) is 0 Å². The molecule has 0 spiro atoms. The molecule has 1 aromatic rings. The van der Waals surface area contributed by atoms with Crippen LogP contribution >= 0.6 is 0 Å². The first-order valence-electron chi connectivity index (χ1n) is 7.90. The Kier molecular flexibility index (Phi) is 4.56. The van der Waals surface area contributed by atoms with Crippen LogP contribution in [-0.4, -0.2) is 46.8 Å². The van der Waals surface area contributed by atoms with Gasteiger partial charge in [0.25, 0.3) is 0 Å². The normalized spacial score (nSPS) is 10.8. The molecule has 0 saturated carbocycles. The van der Waals surface area contributed by atoms with Crippen molar-refractivity contribution < 1.29 is 14.6 Å². The first-order chi connectivity index (χ1) is 12.0. The third-order valence-corrected chi connectivity index (χ3v) is 4.00. The molecule has 0 radical (unpaired) electrons. The van der Waals surface area contributed by atoms with Gasteiger partial charge in [0.1, 0.15) is 11.4 Å². The van der Waals surface area contributed by atoms with E-state index in [2.05, 4.69) is 9.97 Å². The molecule has 0 atom stereocenters. The van der Waals surface area contributed by atoms with Crippen molar-refractivity contribution in [2.75, 3.05) is 26.1 Å².